The minimum absolute atomic E-state index is 0.351. The Morgan fingerprint density at radius 3 is 2.71 bits per heavy atom. The molecule has 3 rings (SSSR count). The Bertz CT molecular complexity index is 774. The van der Waals surface area contributed by atoms with Gasteiger partial charge in [0.15, 0.2) is 6.20 Å². The molecule has 1 saturated carbocycles. The van der Waals surface area contributed by atoms with E-state index < -0.39 is 12.7 Å². The molecule has 1 fully saturated rings. The van der Waals surface area contributed by atoms with Gasteiger partial charge in [0.05, 0.1) is 0 Å². The van der Waals surface area contributed by atoms with Crippen molar-refractivity contribution < 1.29 is 10.1 Å². The van der Waals surface area contributed by atoms with Gasteiger partial charge >= 0.3 is 0 Å². The number of aromatic nitrogens is 1. The first kappa shape index (κ1) is 10.2. The maximum absolute atomic E-state index is 8.89. The Hall–Kier alpha value is -1.63. The van der Waals surface area contributed by atoms with Crippen molar-refractivity contribution in [3.63, 3.8) is 0 Å². The molecule has 1 heteroatoms. The van der Waals surface area contributed by atoms with Crippen LogP contribution in [0.3, 0.4) is 0 Å². The van der Waals surface area contributed by atoms with Gasteiger partial charge in [-0.15, -0.1) is 0 Å². The molecule has 1 aliphatic carbocycles. The second-order valence-electron chi connectivity index (χ2n) is 6.11. The van der Waals surface area contributed by atoms with Gasteiger partial charge in [0.25, 0.3) is 0 Å². The summed E-state index contributed by atoms with van der Waals surface area (Å²) in [6.07, 6.45) is 7.03. The topological polar surface area (TPSA) is 3.88 Å². The van der Waals surface area contributed by atoms with Crippen LogP contribution in [0.1, 0.15) is 60.2 Å². The van der Waals surface area contributed by atoms with Crippen molar-refractivity contribution in [3.8, 4) is 11.3 Å². The fraction of sp³-hybridized carbons (Fsp3) is 0.450. The summed E-state index contributed by atoms with van der Waals surface area (Å²) in [6.45, 7) is -0.0762. The highest BCUT2D eigenvalue weighted by molar-refractivity contribution is 5.62. The van der Waals surface area contributed by atoms with Crippen LogP contribution in [0.2, 0.25) is 0 Å². The third-order valence-corrected chi connectivity index (χ3v) is 4.53. The maximum Gasteiger partial charge on any atom is 0.212 e. The number of nitrogens with zero attached hydrogens (tertiary/aromatic N) is 1. The highest BCUT2D eigenvalue weighted by atomic mass is 14.9. The van der Waals surface area contributed by atoms with E-state index in [1.165, 1.54) is 6.42 Å². The highest BCUT2D eigenvalue weighted by Crippen LogP contribution is 2.35. The number of aryl methyl sites for hydroxylation is 3. The average molecular weight is 284 g/mol. The Balaban J connectivity index is 2.10. The molecular weight excluding hydrogens is 254 g/mol. The number of rotatable bonds is 2. The third-order valence-electron chi connectivity index (χ3n) is 4.53. The van der Waals surface area contributed by atoms with Crippen LogP contribution in [-0.4, -0.2) is 0 Å². The summed E-state index contributed by atoms with van der Waals surface area (Å²) in [7, 11) is 1.93. The maximum atomic E-state index is 8.89. The molecule has 21 heavy (non-hydrogen) atoms. The molecule has 0 spiro atoms. The summed E-state index contributed by atoms with van der Waals surface area (Å²) in [5, 5.41) is 0. The van der Waals surface area contributed by atoms with Crippen LogP contribution in [0.15, 0.2) is 36.5 Å². The van der Waals surface area contributed by atoms with E-state index in [2.05, 4.69) is 18.2 Å². The van der Waals surface area contributed by atoms with E-state index in [4.69, 9.17) is 5.48 Å². The molecule has 0 saturated heterocycles. The van der Waals surface area contributed by atoms with Crippen LogP contribution in [0.4, 0.5) is 0 Å². The van der Waals surface area contributed by atoms with E-state index in [9.17, 15) is 0 Å². The van der Waals surface area contributed by atoms with E-state index in [1.54, 1.807) is 18.3 Å². The zero-order valence-corrected chi connectivity index (χ0v) is 12.9. The SMILES string of the molecule is [2H]C([2H])([2H])c1cc[n+](C)c(-c2cc(C3([2H])CCCCC3)ccc2C)c1. The van der Waals surface area contributed by atoms with Gasteiger partial charge in [-0.1, -0.05) is 31.4 Å². The van der Waals surface area contributed by atoms with Crippen molar-refractivity contribution in [3.05, 3.63) is 53.2 Å². The third kappa shape index (κ3) is 3.02. The lowest BCUT2D eigenvalue weighted by atomic mass is 9.83. The van der Waals surface area contributed by atoms with E-state index in [-0.39, 0.29) is 0 Å². The molecule has 0 aliphatic heterocycles. The molecule has 0 unspecified atom stereocenters. The van der Waals surface area contributed by atoms with Gasteiger partial charge in [-0.3, -0.25) is 0 Å². The Kier molecular flexibility index (Phi) is 2.91. The molecule has 1 heterocycles. The Morgan fingerprint density at radius 2 is 1.95 bits per heavy atom. The Morgan fingerprint density at radius 1 is 1.14 bits per heavy atom. The molecule has 1 nitrogen and oxygen atoms in total. The lowest BCUT2D eigenvalue weighted by molar-refractivity contribution is -0.660. The van der Waals surface area contributed by atoms with Gasteiger partial charge in [-0.25, -0.2) is 4.57 Å². The van der Waals surface area contributed by atoms with E-state index in [1.807, 2.05) is 18.5 Å². The van der Waals surface area contributed by atoms with Crippen LogP contribution in [0.25, 0.3) is 11.3 Å². The van der Waals surface area contributed by atoms with E-state index in [0.29, 0.717) is 5.56 Å². The normalized spacial score (nSPS) is 21.0. The summed E-state index contributed by atoms with van der Waals surface area (Å²) >= 11 is 0. The predicted octanol–water partition coefficient (Wildman–Crippen LogP) is 4.84. The van der Waals surface area contributed by atoms with Gasteiger partial charge in [0.1, 0.15) is 7.05 Å². The summed E-state index contributed by atoms with van der Waals surface area (Å²) < 4.78 is 33.9. The molecule has 0 amide bonds. The van der Waals surface area contributed by atoms with E-state index in [0.717, 1.165) is 48.1 Å². The van der Waals surface area contributed by atoms with Crippen LogP contribution >= 0.6 is 0 Å². The molecule has 1 aromatic carbocycles. The minimum atomic E-state index is -2.12. The molecule has 1 aliphatic rings. The fourth-order valence-electron chi connectivity index (χ4n) is 3.22. The zero-order chi connectivity index (χ0) is 18.2. The smallest absolute Gasteiger partial charge is 0.201 e. The van der Waals surface area contributed by atoms with Crippen LogP contribution < -0.4 is 4.57 Å². The van der Waals surface area contributed by atoms with Crippen LogP contribution in [-0.2, 0) is 7.05 Å². The number of hydrogen-bond acceptors (Lipinski definition) is 0. The minimum Gasteiger partial charge on any atom is -0.201 e. The van der Waals surface area contributed by atoms with Crippen molar-refractivity contribution in [1.29, 1.82) is 0 Å². The number of hydrogen-bond donors (Lipinski definition) is 0. The molecule has 0 atom stereocenters. The molecule has 0 bridgehead atoms. The molecule has 0 N–H and O–H groups in total. The largest absolute Gasteiger partial charge is 0.212 e. The molecular formula is C20H26N+. The lowest BCUT2D eigenvalue weighted by Gasteiger charge is -2.22. The van der Waals surface area contributed by atoms with Crippen molar-refractivity contribution in [2.45, 2.75) is 51.8 Å². The second-order valence-corrected chi connectivity index (χ2v) is 6.11. The predicted molar refractivity (Wildman–Crippen MR) is 88.4 cm³/mol. The fourth-order valence-corrected chi connectivity index (χ4v) is 3.22. The molecule has 2 aromatic rings. The number of benzene rings is 1. The average Bonchev–Trinajstić information content (AvgIpc) is 2.55. The monoisotopic (exact) mass is 284 g/mol. The molecule has 1 aromatic heterocycles. The van der Waals surface area contributed by atoms with Gasteiger partial charge < -0.3 is 0 Å². The van der Waals surface area contributed by atoms with Crippen LogP contribution in [0.5, 0.6) is 0 Å². The van der Waals surface area contributed by atoms with Crippen molar-refractivity contribution >= 4 is 0 Å². The highest BCUT2D eigenvalue weighted by Gasteiger charge is 2.19. The Labute approximate surface area is 134 Å². The van der Waals surface area contributed by atoms with Gasteiger partial charge in [-0.2, -0.15) is 0 Å². The zero-order valence-electron chi connectivity index (χ0n) is 16.9. The van der Waals surface area contributed by atoms with Gasteiger partial charge in [0, 0.05) is 23.2 Å². The summed E-state index contributed by atoms with van der Waals surface area (Å²) in [4.78, 5) is 0. The summed E-state index contributed by atoms with van der Waals surface area (Å²) in [5.41, 5.74) is 4.40. The van der Waals surface area contributed by atoms with Gasteiger partial charge in [0.2, 0.25) is 5.69 Å². The van der Waals surface area contributed by atoms with Crippen LogP contribution in [0, 0.1) is 13.8 Å². The first-order valence-corrected chi connectivity index (χ1v) is 7.82. The second kappa shape index (κ2) is 6.01. The first-order chi connectivity index (χ1) is 11.7. The summed E-state index contributed by atoms with van der Waals surface area (Å²) in [6, 6.07) is 9.66. The number of pyridine rings is 1. The molecule has 0 radical (unpaired) electrons. The summed E-state index contributed by atoms with van der Waals surface area (Å²) in [5.74, 6) is -0.513. The lowest BCUT2D eigenvalue weighted by Crippen LogP contribution is -2.30. The van der Waals surface area contributed by atoms with Gasteiger partial charge in [-0.05, 0) is 55.3 Å². The van der Waals surface area contributed by atoms with E-state index >= 15 is 0 Å². The first-order valence-electron chi connectivity index (χ1n) is 9.82. The van der Waals surface area contributed by atoms with Crippen molar-refractivity contribution in [1.82, 2.24) is 0 Å². The van der Waals surface area contributed by atoms with Crippen molar-refractivity contribution in [2.24, 2.45) is 7.05 Å². The quantitative estimate of drug-likeness (QED) is 0.695. The molecule has 110 valence electrons. The van der Waals surface area contributed by atoms with Crippen molar-refractivity contribution in [2.75, 3.05) is 0 Å². The standard InChI is InChI=1S/C20H26N/c1-15-11-12-21(3)20(13-15)19-14-18(10-9-16(19)2)17-7-5-4-6-8-17/h9-14,17H,4-8H2,1-3H3/q+1/i1D3,17D.